The second-order valence-electron chi connectivity index (χ2n) is 4.58. The third-order valence-corrected chi connectivity index (χ3v) is 3.99. The smallest absolute Gasteiger partial charge is 0.228 e. The number of rotatable bonds is 1. The van der Waals surface area contributed by atoms with Crippen molar-refractivity contribution >= 4 is 38.3 Å². The molecule has 2 N–H and O–H groups in total. The third kappa shape index (κ3) is 1.82. The Hall–Kier alpha value is -1.39. The van der Waals surface area contributed by atoms with E-state index >= 15 is 0 Å². The molecule has 2 aromatic rings. The largest absolute Gasteiger partial charge is 0.326 e. The molecule has 3 rings (SSSR count). The lowest BCUT2D eigenvalue weighted by Crippen LogP contribution is -2.28. The van der Waals surface area contributed by atoms with Gasteiger partial charge in [0.25, 0.3) is 0 Å². The van der Waals surface area contributed by atoms with Gasteiger partial charge in [0.15, 0.2) is 0 Å². The molecule has 1 saturated heterocycles. The van der Waals surface area contributed by atoms with Gasteiger partial charge in [0, 0.05) is 28.9 Å². The normalized spacial score (nSPS) is 19.8. The molecule has 1 fully saturated rings. The lowest BCUT2D eigenvalue weighted by Gasteiger charge is -2.19. The maximum atomic E-state index is 11.9. The number of benzene rings is 2. The average molecular weight is 305 g/mol. The summed E-state index contributed by atoms with van der Waals surface area (Å²) in [6.45, 7) is 0.602. The molecule has 1 atom stereocenters. The first kappa shape index (κ1) is 11.7. The number of hydrogen-bond acceptors (Lipinski definition) is 2. The van der Waals surface area contributed by atoms with Crippen molar-refractivity contribution in [2.45, 2.75) is 12.5 Å². The number of anilines is 1. The second kappa shape index (κ2) is 4.37. The summed E-state index contributed by atoms with van der Waals surface area (Å²) < 4.78 is 1.04. The Morgan fingerprint density at radius 3 is 2.56 bits per heavy atom. The van der Waals surface area contributed by atoms with Gasteiger partial charge >= 0.3 is 0 Å². The van der Waals surface area contributed by atoms with Gasteiger partial charge in [-0.15, -0.1) is 0 Å². The molecule has 1 aliphatic rings. The molecule has 0 bridgehead atoms. The fourth-order valence-corrected chi connectivity index (χ4v) is 2.93. The minimum absolute atomic E-state index is 0.0556. The Bertz CT molecular complexity index is 626. The van der Waals surface area contributed by atoms with Gasteiger partial charge in [-0.05, 0) is 17.5 Å². The summed E-state index contributed by atoms with van der Waals surface area (Å²) in [6, 6.07) is 12.0. The molecule has 1 heterocycles. The summed E-state index contributed by atoms with van der Waals surface area (Å²) in [5.41, 5.74) is 6.81. The van der Waals surface area contributed by atoms with E-state index in [0.717, 1.165) is 20.9 Å². The molecule has 0 aliphatic carbocycles. The zero-order chi connectivity index (χ0) is 12.7. The molecular weight excluding hydrogens is 292 g/mol. The van der Waals surface area contributed by atoms with Crippen LogP contribution in [0.4, 0.5) is 5.69 Å². The minimum Gasteiger partial charge on any atom is -0.326 e. The summed E-state index contributed by atoms with van der Waals surface area (Å²) in [4.78, 5) is 13.7. The molecule has 0 radical (unpaired) electrons. The van der Waals surface area contributed by atoms with E-state index in [4.69, 9.17) is 5.73 Å². The molecule has 0 spiro atoms. The second-order valence-corrected chi connectivity index (χ2v) is 5.43. The first-order valence-electron chi connectivity index (χ1n) is 5.90. The molecule has 0 saturated carbocycles. The van der Waals surface area contributed by atoms with E-state index in [2.05, 4.69) is 15.9 Å². The van der Waals surface area contributed by atoms with Crippen LogP contribution >= 0.6 is 15.9 Å². The van der Waals surface area contributed by atoms with E-state index in [9.17, 15) is 4.79 Å². The van der Waals surface area contributed by atoms with Crippen molar-refractivity contribution in [2.75, 3.05) is 11.4 Å². The minimum atomic E-state index is -0.0556. The zero-order valence-corrected chi connectivity index (χ0v) is 11.4. The van der Waals surface area contributed by atoms with Gasteiger partial charge in [0.1, 0.15) is 0 Å². The fraction of sp³-hybridized carbons (Fsp3) is 0.214. The first-order valence-corrected chi connectivity index (χ1v) is 6.69. The van der Waals surface area contributed by atoms with Crippen molar-refractivity contribution in [1.82, 2.24) is 0 Å². The highest BCUT2D eigenvalue weighted by atomic mass is 79.9. The monoisotopic (exact) mass is 304 g/mol. The number of fused-ring (bicyclic) bond motifs is 1. The Labute approximate surface area is 114 Å². The van der Waals surface area contributed by atoms with E-state index in [1.807, 2.05) is 36.4 Å². The quantitative estimate of drug-likeness (QED) is 0.880. The van der Waals surface area contributed by atoms with Crippen LogP contribution in [0.1, 0.15) is 6.42 Å². The summed E-state index contributed by atoms with van der Waals surface area (Å²) in [6.07, 6.45) is 0.435. The van der Waals surface area contributed by atoms with Gasteiger partial charge in [-0.1, -0.05) is 40.2 Å². The number of nitrogens with zero attached hydrogens (tertiary/aromatic N) is 1. The molecule has 1 unspecified atom stereocenters. The Kier molecular flexibility index (Phi) is 2.84. The van der Waals surface area contributed by atoms with Gasteiger partial charge in [-0.2, -0.15) is 0 Å². The third-order valence-electron chi connectivity index (χ3n) is 3.29. The van der Waals surface area contributed by atoms with E-state index in [0.29, 0.717) is 13.0 Å². The van der Waals surface area contributed by atoms with E-state index in [-0.39, 0.29) is 11.9 Å². The summed E-state index contributed by atoms with van der Waals surface area (Å²) in [5.74, 6) is 0.106. The topological polar surface area (TPSA) is 46.3 Å². The number of halogens is 1. The lowest BCUT2D eigenvalue weighted by atomic mass is 10.1. The lowest BCUT2D eigenvalue weighted by molar-refractivity contribution is -0.117. The van der Waals surface area contributed by atoms with Crippen molar-refractivity contribution < 1.29 is 4.79 Å². The van der Waals surface area contributed by atoms with Crippen LogP contribution in [0.5, 0.6) is 0 Å². The fourth-order valence-electron chi connectivity index (χ4n) is 2.45. The number of nitrogens with two attached hydrogens (primary N) is 1. The Morgan fingerprint density at radius 1 is 1.17 bits per heavy atom. The molecule has 0 aromatic heterocycles. The highest BCUT2D eigenvalue weighted by Gasteiger charge is 2.29. The highest BCUT2D eigenvalue weighted by molar-refractivity contribution is 9.10. The van der Waals surface area contributed by atoms with Crippen LogP contribution in [0, 0.1) is 0 Å². The van der Waals surface area contributed by atoms with Crippen LogP contribution in [0.25, 0.3) is 10.8 Å². The van der Waals surface area contributed by atoms with Crippen LogP contribution in [-0.2, 0) is 4.79 Å². The predicted molar refractivity (Wildman–Crippen MR) is 76.6 cm³/mol. The van der Waals surface area contributed by atoms with E-state index < -0.39 is 0 Å². The number of hydrogen-bond donors (Lipinski definition) is 1. The maximum Gasteiger partial charge on any atom is 0.228 e. The highest BCUT2D eigenvalue weighted by Crippen LogP contribution is 2.33. The van der Waals surface area contributed by atoms with Gasteiger partial charge < -0.3 is 10.6 Å². The van der Waals surface area contributed by atoms with E-state index in [1.165, 1.54) is 0 Å². The van der Waals surface area contributed by atoms with Gasteiger partial charge in [-0.25, -0.2) is 0 Å². The molecule has 18 heavy (non-hydrogen) atoms. The molecule has 92 valence electrons. The van der Waals surface area contributed by atoms with Crippen molar-refractivity contribution in [3.05, 3.63) is 40.9 Å². The summed E-state index contributed by atoms with van der Waals surface area (Å²) in [7, 11) is 0. The Balaban J connectivity index is 2.18. The van der Waals surface area contributed by atoms with Crippen LogP contribution in [0.15, 0.2) is 40.9 Å². The van der Waals surface area contributed by atoms with Crippen LogP contribution in [0.2, 0.25) is 0 Å². The molecule has 2 aromatic carbocycles. The summed E-state index contributed by atoms with van der Waals surface area (Å²) >= 11 is 3.54. The average Bonchev–Trinajstić information content (AvgIpc) is 2.69. The van der Waals surface area contributed by atoms with Crippen molar-refractivity contribution in [1.29, 1.82) is 0 Å². The van der Waals surface area contributed by atoms with Crippen molar-refractivity contribution in [2.24, 2.45) is 5.73 Å². The number of amides is 1. The zero-order valence-electron chi connectivity index (χ0n) is 9.77. The predicted octanol–water partition coefficient (Wildman–Crippen LogP) is 2.67. The number of carbonyl (C=O) groups is 1. The molecule has 4 heteroatoms. The van der Waals surface area contributed by atoms with Crippen LogP contribution in [-0.4, -0.2) is 18.5 Å². The molecular formula is C14H13BrN2O. The van der Waals surface area contributed by atoms with Gasteiger partial charge in [0.2, 0.25) is 5.91 Å². The van der Waals surface area contributed by atoms with Crippen molar-refractivity contribution in [3.63, 3.8) is 0 Å². The number of carbonyl (C=O) groups excluding carboxylic acids is 1. The van der Waals surface area contributed by atoms with Crippen molar-refractivity contribution in [3.8, 4) is 0 Å². The van der Waals surface area contributed by atoms with Gasteiger partial charge in [0.05, 0.1) is 5.69 Å². The summed E-state index contributed by atoms with van der Waals surface area (Å²) in [5, 5.41) is 2.19. The molecule has 3 nitrogen and oxygen atoms in total. The first-order chi connectivity index (χ1) is 8.66. The van der Waals surface area contributed by atoms with Gasteiger partial charge in [-0.3, -0.25) is 4.79 Å². The SMILES string of the molecule is NC1CC(=O)N(c2ccc(Br)c3ccccc23)C1. The van der Waals surface area contributed by atoms with Crippen LogP contribution < -0.4 is 10.6 Å². The maximum absolute atomic E-state index is 11.9. The van der Waals surface area contributed by atoms with Crippen LogP contribution in [0.3, 0.4) is 0 Å². The molecule has 1 aliphatic heterocycles. The standard InChI is InChI=1S/C14H13BrN2O/c15-12-5-6-13(11-4-2-1-3-10(11)12)17-8-9(16)7-14(17)18/h1-6,9H,7-8,16H2. The molecule has 1 amide bonds. The van der Waals surface area contributed by atoms with E-state index in [1.54, 1.807) is 4.90 Å². The Morgan fingerprint density at radius 2 is 1.89 bits per heavy atom.